The van der Waals surface area contributed by atoms with Crippen molar-refractivity contribution in [3.63, 3.8) is 0 Å². The minimum Gasteiger partial charge on any atom is -0.393 e. The summed E-state index contributed by atoms with van der Waals surface area (Å²) < 4.78 is 0. The summed E-state index contributed by atoms with van der Waals surface area (Å²) >= 11 is 0. The van der Waals surface area contributed by atoms with Gasteiger partial charge in [0.1, 0.15) is 0 Å². The third-order valence-electron chi connectivity index (χ3n) is 4.60. The van der Waals surface area contributed by atoms with Gasteiger partial charge in [-0.25, -0.2) is 0 Å². The first-order valence-corrected chi connectivity index (χ1v) is 7.60. The molecule has 17 heavy (non-hydrogen) atoms. The summed E-state index contributed by atoms with van der Waals surface area (Å²) in [4.78, 5) is 2.75. The third kappa shape index (κ3) is 3.69. The number of hydrogen-bond donors (Lipinski definition) is 1. The molecule has 100 valence electrons. The van der Waals surface area contributed by atoms with Gasteiger partial charge in [-0.05, 0) is 51.0 Å². The van der Waals surface area contributed by atoms with Crippen LogP contribution < -0.4 is 0 Å². The van der Waals surface area contributed by atoms with Gasteiger partial charge in [0.2, 0.25) is 0 Å². The van der Waals surface area contributed by atoms with Gasteiger partial charge in [-0.1, -0.05) is 26.7 Å². The van der Waals surface area contributed by atoms with Crippen molar-refractivity contribution in [2.75, 3.05) is 6.54 Å². The van der Waals surface area contributed by atoms with E-state index in [0.717, 1.165) is 24.8 Å². The van der Waals surface area contributed by atoms with Gasteiger partial charge in [0.05, 0.1) is 6.10 Å². The normalized spacial score (nSPS) is 30.9. The molecule has 0 spiro atoms. The van der Waals surface area contributed by atoms with E-state index in [0.29, 0.717) is 6.04 Å². The zero-order valence-corrected chi connectivity index (χ0v) is 11.6. The summed E-state index contributed by atoms with van der Waals surface area (Å²) in [5.74, 6) is 0.797. The van der Waals surface area contributed by atoms with Gasteiger partial charge in [-0.2, -0.15) is 0 Å². The zero-order valence-electron chi connectivity index (χ0n) is 11.6. The van der Waals surface area contributed by atoms with Crippen molar-refractivity contribution in [2.45, 2.75) is 83.4 Å². The summed E-state index contributed by atoms with van der Waals surface area (Å²) in [6, 6.07) is 1.50. The maximum absolute atomic E-state index is 9.74. The van der Waals surface area contributed by atoms with E-state index in [4.69, 9.17) is 0 Å². The molecule has 2 heteroatoms. The molecule has 2 nitrogen and oxygen atoms in total. The maximum atomic E-state index is 9.74. The highest BCUT2D eigenvalue weighted by atomic mass is 16.3. The fraction of sp³-hybridized carbons (Fsp3) is 1.00. The molecule has 2 atom stereocenters. The van der Waals surface area contributed by atoms with Gasteiger partial charge in [0, 0.05) is 12.1 Å². The molecule has 2 aliphatic carbocycles. The Morgan fingerprint density at radius 2 is 1.76 bits per heavy atom. The number of aliphatic hydroxyl groups excluding tert-OH is 1. The highest BCUT2D eigenvalue weighted by molar-refractivity contribution is 4.88. The summed E-state index contributed by atoms with van der Waals surface area (Å²) in [5.41, 5.74) is 0. The molecule has 0 heterocycles. The Morgan fingerprint density at radius 3 is 2.29 bits per heavy atom. The highest BCUT2D eigenvalue weighted by Crippen LogP contribution is 2.32. The van der Waals surface area contributed by atoms with E-state index < -0.39 is 0 Å². The summed E-state index contributed by atoms with van der Waals surface area (Å²) in [6.45, 7) is 5.88. The van der Waals surface area contributed by atoms with E-state index in [9.17, 15) is 5.11 Å². The molecule has 2 rings (SSSR count). The third-order valence-corrected chi connectivity index (χ3v) is 4.60. The van der Waals surface area contributed by atoms with Gasteiger partial charge in [0.25, 0.3) is 0 Å². The number of hydrogen-bond acceptors (Lipinski definition) is 2. The van der Waals surface area contributed by atoms with Crippen LogP contribution in [0.15, 0.2) is 0 Å². The molecule has 2 unspecified atom stereocenters. The Balaban J connectivity index is 1.91. The van der Waals surface area contributed by atoms with Crippen molar-refractivity contribution < 1.29 is 5.11 Å². The first kappa shape index (κ1) is 13.4. The second-order valence-electron chi connectivity index (χ2n) is 6.48. The van der Waals surface area contributed by atoms with Crippen molar-refractivity contribution in [3.05, 3.63) is 0 Å². The highest BCUT2D eigenvalue weighted by Gasteiger charge is 2.33. The van der Waals surface area contributed by atoms with E-state index in [1.807, 2.05) is 0 Å². The second-order valence-corrected chi connectivity index (χ2v) is 6.48. The van der Waals surface area contributed by atoms with Crippen LogP contribution in [0.2, 0.25) is 0 Å². The van der Waals surface area contributed by atoms with Crippen LogP contribution in [0, 0.1) is 5.92 Å². The van der Waals surface area contributed by atoms with Gasteiger partial charge in [-0.15, -0.1) is 0 Å². The van der Waals surface area contributed by atoms with Crippen LogP contribution in [0.3, 0.4) is 0 Å². The maximum Gasteiger partial charge on any atom is 0.0555 e. The van der Waals surface area contributed by atoms with Crippen molar-refractivity contribution in [3.8, 4) is 0 Å². The summed E-state index contributed by atoms with van der Waals surface area (Å²) in [6.07, 6.45) is 10.2. The van der Waals surface area contributed by atoms with Gasteiger partial charge in [0.15, 0.2) is 0 Å². The zero-order chi connectivity index (χ0) is 12.3. The lowest BCUT2D eigenvalue weighted by atomic mass is 10.1. The van der Waals surface area contributed by atoms with Crippen LogP contribution in [0.25, 0.3) is 0 Å². The SMILES string of the molecule is CC(C)CCN(C1CCCC1)C1CCC(O)C1. The Labute approximate surface area is 106 Å². The van der Waals surface area contributed by atoms with E-state index in [1.165, 1.54) is 45.1 Å². The fourth-order valence-electron chi connectivity index (χ4n) is 3.54. The van der Waals surface area contributed by atoms with Crippen LogP contribution in [-0.2, 0) is 0 Å². The Kier molecular flexibility index (Phi) is 4.87. The van der Waals surface area contributed by atoms with Crippen LogP contribution in [0.5, 0.6) is 0 Å². The molecule has 0 saturated heterocycles. The monoisotopic (exact) mass is 239 g/mol. The van der Waals surface area contributed by atoms with E-state index in [1.54, 1.807) is 0 Å². The largest absolute Gasteiger partial charge is 0.393 e. The molecule has 0 bridgehead atoms. The Morgan fingerprint density at radius 1 is 1.06 bits per heavy atom. The topological polar surface area (TPSA) is 23.5 Å². The van der Waals surface area contributed by atoms with Crippen molar-refractivity contribution in [1.29, 1.82) is 0 Å². The number of nitrogens with zero attached hydrogens (tertiary/aromatic N) is 1. The molecule has 0 aromatic carbocycles. The Bertz CT molecular complexity index is 223. The van der Waals surface area contributed by atoms with Crippen molar-refractivity contribution in [2.24, 2.45) is 5.92 Å². The minimum atomic E-state index is -0.0250. The molecule has 2 fully saturated rings. The second kappa shape index (κ2) is 6.19. The lowest BCUT2D eigenvalue weighted by Crippen LogP contribution is -2.42. The molecule has 0 radical (unpaired) electrons. The number of rotatable bonds is 5. The molecule has 2 saturated carbocycles. The lowest BCUT2D eigenvalue weighted by molar-refractivity contribution is 0.111. The van der Waals surface area contributed by atoms with Crippen LogP contribution in [-0.4, -0.2) is 34.7 Å². The molecule has 0 aromatic rings. The molecule has 0 aliphatic heterocycles. The van der Waals surface area contributed by atoms with Crippen molar-refractivity contribution >= 4 is 0 Å². The predicted molar refractivity (Wildman–Crippen MR) is 72.1 cm³/mol. The van der Waals surface area contributed by atoms with Gasteiger partial charge < -0.3 is 5.11 Å². The molecule has 0 amide bonds. The molecule has 0 aromatic heterocycles. The predicted octanol–water partition coefficient (Wildman–Crippen LogP) is 3.19. The molecular formula is C15H29NO. The molecular weight excluding hydrogens is 210 g/mol. The Hall–Kier alpha value is -0.0800. The fourth-order valence-corrected chi connectivity index (χ4v) is 3.54. The van der Waals surface area contributed by atoms with Gasteiger partial charge >= 0.3 is 0 Å². The minimum absolute atomic E-state index is 0.0250. The summed E-state index contributed by atoms with van der Waals surface area (Å²) in [7, 11) is 0. The van der Waals surface area contributed by atoms with Gasteiger partial charge in [-0.3, -0.25) is 4.90 Å². The summed E-state index contributed by atoms with van der Waals surface area (Å²) in [5, 5.41) is 9.74. The molecule has 1 N–H and O–H groups in total. The van der Waals surface area contributed by atoms with E-state index >= 15 is 0 Å². The standard InChI is InChI=1S/C15H29NO/c1-12(2)9-10-16(13-5-3-4-6-13)14-7-8-15(17)11-14/h12-15,17H,3-11H2,1-2H3. The van der Waals surface area contributed by atoms with Crippen LogP contribution in [0.1, 0.15) is 65.2 Å². The van der Waals surface area contributed by atoms with Crippen LogP contribution in [0.4, 0.5) is 0 Å². The lowest BCUT2D eigenvalue weighted by Gasteiger charge is -2.35. The van der Waals surface area contributed by atoms with E-state index in [-0.39, 0.29) is 6.10 Å². The first-order chi connectivity index (χ1) is 8.16. The van der Waals surface area contributed by atoms with E-state index in [2.05, 4.69) is 18.7 Å². The smallest absolute Gasteiger partial charge is 0.0555 e. The quantitative estimate of drug-likeness (QED) is 0.796. The number of aliphatic hydroxyl groups is 1. The average Bonchev–Trinajstić information content (AvgIpc) is 2.90. The molecule has 2 aliphatic rings. The van der Waals surface area contributed by atoms with Crippen LogP contribution >= 0.6 is 0 Å². The average molecular weight is 239 g/mol. The van der Waals surface area contributed by atoms with Crippen molar-refractivity contribution in [1.82, 2.24) is 4.90 Å². The first-order valence-electron chi connectivity index (χ1n) is 7.60.